The first-order valence-electron chi connectivity index (χ1n) is 11.5. The van der Waals surface area contributed by atoms with Crippen LogP contribution in [0, 0.1) is 6.92 Å². The van der Waals surface area contributed by atoms with Gasteiger partial charge in [0.1, 0.15) is 11.5 Å². The average molecular weight is 530 g/mol. The number of fused-ring (bicyclic) bond motifs is 1. The monoisotopic (exact) mass is 529 g/mol. The molecular formula is C25H27N3O6S2. The van der Waals surface area contributed by atoms with Crippen molar-refractivity contribution in [2.24, 2.45) is 0 Å². The number of aromatic nitrogens is 1. The number of hydrogen-bond donors (Lipinski definition) is 1. The van der Waals surface area contributed by atoms with E-state index in [1.165, 1.54) is 12.1 Å². The fraction of sp³-hybridized carbons (Fsp3) is 0.320. The molecule has 5 rings (SSSR count). The second-order valence-corrected chi connectivity index (χ2v) is 11.0. The van der Waals surface area contributed by atoms with Gasteiger partial charge in [-0.15, -0.1) is 0 Å². The van der Waals surface area contributed by atoms with E-state index in [0.29, 0.717) is 37.7 Å². The molecule has 0 radical (unpaired) electrons. The number of anilines is 2. The molecule has 3 heterocycles. The molecule has 1 aromatic heterocycles. The van der Waals surface area contributed by atoms with E-state index in [9.17, 15) is 13.0 Å². The van der Waals surface area contributed by atoms with Crippen LogP contribution in [0.5, 0.6) is 11.5 Å². The zero-order valence-corrected chi connectivity index (χ0v) is 21.4. The molecular weight excluding hydrogens is 502 g/mol. The molecule has 1 fully saturated rings. The van der Waals surface area contributed by atoms with Crippen LogP contribution in [0.3, 0.4) is 0 Å². The molecule has 1 atom stereocenters. The van der Waals surface area contributed by atoms with Crippen LogP contribution < -0.4 is 19.3 Å². The van der Waals surface area contributed by atoms with Gasteiger partial charge in [-0.3, -0.25) is 4.55 Å². The Morgan fingerprint density at radius 2 is 2.06 bits per heavy atom. The van der Waals surface area contributed by atoms with Gasteiger partial charge < -0.3 is 24.0 Å². The molecule has 2 aliphatic heterocycles. The van der Waals surface area contributed by atoms with E-state index in [1.54, 1.807) is 23.6 Å². The molecule has 1 N–H and O–H groups in total. The maximum atomic E-state index is 11.5. The molecule has 9 nitrogen and oxygen atoms in total. The predicted octanol–water partition coefficient (Wildman–Crippen LogP) is 4.20. The van der Waals surface area contributed by atoms with Gasteiger partial charge in [-0.1, -0.05) is 24.0 Å². The highest BCUT2D eigenvalue weighted by Crippen LogP contribution is 2.47. The van der Waals surface area contributed by atoms with Crippen LogP contribution >= 0.6 is 11.3 Å². The van der Waals surface area contributed by atoms with Crippen LogP contribution in [0.1, 0.15) is 22.2 Å². The van der Waals surface area contributed by atoms with Crippen LogP contribution in [-0.4, -0.2) is 50.9 Å². The SMILES string of the molecule is C=CN1c2ccc(OCCc3cc(S(=O)(=O)O)ccc3C)cc2OC1c1cnc(N2CCOCC2)s1. The van der Waals surface area contributed by atoms with Crippen molar-refractivity contribution in [3.8, 4) is 11.5 Å². The maximum absolute atomic E-state index is 11.5. The number of thiazole rings is 1. The Bertz CT molecular complexity index is 1370. The Hall–Kier alpha value is -3.12. The summed E-state index contributed by atoms with van der Waals surface area (Å²) >= 11 is 1.60. The number of nitrogens with zero attached hydrogens (tertiary/aromatic N) is 3. The van der Waals surface area contributed by atoms with Crippen LogP contribution in [0.15, 0.2) is 60.3 Å². The molecule has 2 aliphatic rings. The summed E-state index contributed by atoms with van der Waals surface area (Å²) in [7, 11) is -4.25. The molecule has 190 valence electrons. The number of hydrogen-bond acceptors (Lipinski definition) is 9. The highest BCUT2D eigenvalue weighted by molar-refractivity contribution is 7.85. The summed E-state index contributed by atoms with van der Waals surface area (Å²) in [6.45, 7) is 9.24. The molecule has 1 saturated heterocycles. The molecule has 0 aliphatic carbocycles. The predicted molar refractivity (Wildman–Crippen MR) is 138 cm³/mol. The lowest BCUT2D eigenvalue weighted by atomic mass is 10.1. The molecule has 0 bridgehead atoms. The quantitative estimate of drug-likeness (QED) is 0.430. The van der Waals surface area contributed by atoms with Gasteiger partial charge in [-0.05, 0) is 42.3 Å². The van der Waals surface area contributed by atoms with Gasteiger partial charge in [0, 0.05) is 38.0 Å². The zero-order chi connectivity index (χ0) is 25.3. The van der Waals surface area contributed by atoms with Crippen molar-refractivity contribution in [1.29, 1.82) is 0 Å². The Labute approximate surface area is 214 Å². The lowest BCUT2D eigenvalue weighted by molar-refractivity contribution is 0.122. The number of rotatable bonds is 8. The summed E-state index contributed by atoms with van der Waals surface area (Å²) in [4.78, 5) is 9.65. The molecule has 2 aromatic carbocycles. The smallest absolute Gasteiger partial charge is 0.294 e. The van der Waals surface area contributed by atoms with E-state index in [1.807, 2.05) is 36.2 Å². The van der Waals surface area contributed by atoms with Gasteiger partial charge in [-0.2, -0.15) is 8.42 Å². The fourth-order valence-electron chi connectivity index (χ4n) is 4.23. The van der Waals surface area contributed by atoms with Crippen LogP contribution in [-0.2, 0) is 21.3 Å². The van der Waals surface area contributed by atoms with E-state index in [4.69, 9.17) is 14.2 Å². The van der Waals surface area contributed by atoms with E-state index < -0.39 is 10.1 Å². The number of morpholine rings is 1. The van der Waals surface area contributed by atoms with E-state index in [0.717, 1.165) is 39.9 Å². The van der Waals surface area contributed by atoms with Gasteiger partial charge in [0.05, 0.1) is 35.3 Å². The van der Waals surface area contributed by atoms with E-state index in [2.05, 4.69) is 16.5 Å². The standard InChI is InChI=1S/C25H27N3O6S2/c1-3-28-21-7-5-19(33-11-8-18-14-20(36(29,30)31)6-4-17(18)2)15-22(21)34-24(28)23-16-26-25(35-23)27-9-12-32-13-10-27/h3-7,14-16,24H,1,8-13H2,2H3,(H,29,30,31). The van der Waals surface area contributed by atoms with Crippen molar-refractivity contribution < 1.29 is 27.2 Å². The van der Waals surface area contributed by atoms with Gasteiger partial charge >= 0.3 is 0 Å². The van der Waals surface area contributed by atoms with Crippen molar-refractivity contribution in [3.05, 3.63) is 71.4 Å². The van der Waals surface area contributed by atoms with Crippen LogP contribution in [0.4, 0.5) is 10.8 Å². The molecule has 3 aromatic rings. The third-order valence-corrected chi connectivity index (χ3v) is 8.13. The second-order valence-electron chi connectivity index (χ2n) is 8.50. The summed E-state index contributed by atoms with van der Waals surface area (Å²) in [5.74, 6) is 1.32. The summed E-state index contributed by atoms with van der Waals surface area (Å²) < 4.78 is 49.9. The summed E-state index contributed by atoms with van der Waals surface area (Å²) in [5.41, 5.74) is 2.61. The van der Waals surface area contributed by atoms with Crippen molar-refractivity contribution in [2.45, 2.75) is 24.5 Å². The van der Waals surface area contributed by atoms with Gasteiger partial charge in [0.2, 0.25) is 6.23 Å². The first kappa shape index (κ1) is 24.6. The van der Waals surface area contributed by atoms with Crippen molar-refractivity contribution in [2.75, 3.05) is 42.7 Å². The molecule has 0 spiro atoms. The molecule has 0 saturated carbocycles. The zero-order valence-electron chi connectivity index (χ0n) is 19.8. The Morgan fingerprint density at radius 1 is 1.25 bits per heavy atom. The van der Waals surface area contributed by atoms with Crippen molar-refractivity contribution in [3.63, 3.8) is 0 Å². The molecule has 36 heavy (non-hydrogen) atoms. The average Bonchev–Trinajstić information content (AvgIpc) is 3.49. The fourth-order valence-corrected chi connectivity index (χ4v) is 5.76. The summed E-state index contributed by atoms with van der Waals surface area (Å²) in [5, 5.41) is 0.953. The first-order valence-corrected chi connectivity index (χ1v) is 13.8. The maximum Gasteiger partial charge on any atom is 0.294 e. The molecule has 0 amide bonds. The third-order valence-electron chi connectivity index (χ3n) is 6.19. The van der Waals surface area contributed by atoms with Crippen molar-refractivity contribution >= 4 is 32.3 Å². The van der Waals surface area contributed by atoms with E-state index in [-0.39, 0.29) is 11.1 Å². The summed E-state index contributed by atoms with van der Waals surface area (Å²) in [6, 6.07) is 10.2. The van der Waals surface area contributed by atoms with Gasteiger partial charge in [0.25, 0.3) is 10.1 Å². The van der Waals surface area contributed by atoms with Crippen molar-refractivity contribution in [1.82, 2.24) is 4.98 Å². The minimum Gasteiger partial charge on any atom is -0.493 e. The normalized spacial score (nSPS) is 17.6. The highest BCUT2D eigenvalue weighted by atomic mass is 32.2. The highest BCUT2D eigenvalue weighted by Gasteiger charge is 2.33. The van der Waals surface area contributed by atoms with Crippen LogP contribution in [0.2, 0.25) is 0 Å². The largest absolute Gasteiger partial charge is 0.493 e. The topological polar surface area (TPSA) is 101 Å². The summed E-state index contributed by atoms with van der Waals surface area (Å²) in [6.07, 6.45) is 3.73. The lowest BCUT2D eigenvalue weighted by Gasteiger charge is -2.26. The lowest BCUT2D eigenvalue weighted by Crippen LogP contribution is -2.36. The number of ether oxygens (including phenoxy) is 3. The van der Waals surface area contributed by atoms with Crippen LogP contribution in [0.25, 0.3) is 0 Å². The Morgan fingerprint density at radius 3 is 2.81 bits per heavy atom. The molecule has 11 heteroatoms. The Kier molecular flexibility index (Phi) is 6.89. The third kappa shape index (κ3) is 5.05. The molecule has 1 unspecified atom stereocenters. The Balaban J connectivity index is 1.26. The van der Waals surface area contributed by atoms with Gasteiger partial charge in [0.15, 0.2) is 5.13 Å². The van der Waals surface area contributed by atoms with E-state index >= 15 is 0 Å². The second kappa shape index (κ2) is 10.1. The minimum atomic E-state index is -4.25. The number of aryl methyl sites for hydroxylation is 1. The number of benzene rings is 2. The first-order chi connectivity index (χ1) is 17.3. The van der Waals surface area contributed by atoms with Gasteiger partial charge in [-0.25, -0.2) is 4.98 Å². The minimum absolute atomic E-state index is 0.121.